The van der Waals surface area contributed by atoms with Gasteiger partial charge in [-0.1, -0.05) is 11.8 Å². The molecule has 3 heterocycles. The molecule has 1 aromatic carbocycles. The van der Waals surface area contributed by atoms with Gasteiger partial charge in [0.25, 0.3) is 12.3 Å². The molecule has 3 atom stereocenters. The number of halogens is 4. The number of aliphatic imine (C=N–C) groups is 1. The van der Waals surface area contributed by atoms with Crippen molar-refractivity contribution in [2.75, 3.05) is 5.32 Å². The molecule has 37 heavy (non-hydrogen) atoms. The lowest BCUT2D eigenvalue weighted by Gasteiger charge is -2.34. The number of anilines is 1. The maximum Gasteiger partial charge on any atom is 0.274 e. The summed E-state index contributed by atoms with van der Waals surface area (Å²) in [5, 5.41) is 2.37. The fraction of sp³-hybridized carbons (Fsp3) is 0.333. The molecule has 2 aromatic heterocycles. The zero-order chi connectivity index (χ0) is 26.5. The Bertz CT molecular complexity index is 1400. The van der Waals surface area contributed by atoms with Crippen LogP contribution in [0.5, 0.6) is 5.75 Å². The van der Waals surface area contributed by atoms with Crippen LogP contribution in [0, 0.1) is 24.5 Å². The largest absolute Gasteiger partial charge is 0.482 e. The standard InChI is InChI=1S/C24H21F4N5O3S/c1-11-5-13(36-10-17-30-3-4-35-17)9-31-19(11)20(34)32-12-6-14(18(26)15(25)7-12)23(2)16-8-24(16,21(27)28)37-22(29)33-23/h3-7,9,16,21H,8,10H2,1-2H3,(H2,29,33)(H,32,34)/t16-,23-,24-/m0/s1. The summed E-state index contributed by atoms with van der Waals surface area (Å²) < 4.78 is 66.3. The van der Waals surface area contributed by atoms with Crippen LogP contribution in [-0.4, -0.2) is 32.2 Å². The number of nitrogens with one attached hydrogen (secondary N) is 1. The highest BCUT2D eigenvalue weighted by atomic mass is 32.2. The summed E-state index contributed by atoms with van der Waals surface area (Å²) in [6.45, 7) is 3.14. The van der Waals surface area contributed by atoms with Gasteiger partial charge in [-0.3, -0.25) is 9.79 Å². The van der Waals surface area contributed by atoms with Crippen molar-refractivity contribution in [3.05, 3.63) is 71.2 Å². The number of oxazole rings is 1. The monoisotopic (exact) mass is 535 g/mol. The minimum atomic E-state index is -2.72. The number of hydrogen-bond donors (Lipinski definition) is 2. The second-order valence-corrected chi connectivity index (χ2v) is 10.4. The number of nitrogens with two attached hydrogens (primary N) is 1. The number of amides is 1. The first-order valence-corrected chi connectivity index (χ1v) is 12.0. The Kier molecular flexibility index (Phi) is 6.13. The van der Waals surface area contributed by atoms with E-state index in [1.807, 2.05) is 0 Å². The number of fused-ring (bicyclic) bond motifs is 1. The maximum atomic E-state index is 15.0. The molecule has 0 radical (unpaired) electrons. The van der Waals surface area contributed by atoms with Crippen LogP contribution in [0.3, 0.4) is 0 Å². The summed E-state index contributed by atoms with van der Waals surface area (Å²) in [5.41, 5.74) is 4.41. The van der Waals surface area contributed by atoms with Crippen LogP contribution in [0.15, 0.2) is 46.3 Å². The Morgan fingerprint density at radius 3 is 2.78 bits per heavy atom. The van der Waals surface area contributed by atoms with Gasteiger partial charge in [0.05, 0.1) is 22.7 Å². The average Bonchev–Trinajstić information content (AvgIpc) is 3.37. The molecule has 1 aliphatic heterocycles. The Balaban J connectivity index is 1.39. The summed E-state index contributed by atoms with van der Waals surface area (Å²) in [4.78, 5) is 25.2. The first-order valence-electron chi connectivity index (χ1n) is 11.1. The fourth-order valence-electron chi connectivity index (χ4n) is 4.66. The smallest absolute Gasteiger partial charge is 0.274 e. The summed E-state index contributed by atoms with van der Waals surface area (Å²) in [5.74, 6) is -3.21. The van der Waals surface area contributed by atoms with Gasteiger partial charge < -0.3 is 20.2 Å². The zero-order valence-corrected chi connectivity index (χ0v) is 20.4. The number of rotatable bonds is 7. The number of alkyl halides is 2. The molecule has 3 aromatic rings. The van der Waals surface area contributed by atoms with Crippen LogP contribution in [0.1, 0.15) is 40.9 Å². The number of amidine groups is 1. The minimum Gasteiger partial charge on any atom is -0.482 e. The van der Waals surface area contributed by atoms with E-state index in [9.17, 15) is 22.4 Å². The first kappa shape index (κ1) is 25.1. The Morgan fingerprint density at radius 1 is 1.32 bits per heavy atom. The van der Waals surface area contributed by atoms with E-state index < -0.39 is 40.2 Å². The van der Waals surface area contributed by atoms with Gasteiger partial charge in [0.2, 0.25) is 5.89 Å². The third kappa shape index (κ3) is 4.41. The number of hydrogen-bond acceptors (Lipinski definition) is 8. The molecule has 0 spiro atoms. The second-order valence-electron chi connectivity index (χ2n) is 9.04. The molecule has 8 nitrogen and oxygen atoms in total. The Labute approximate surface area is 212 Å². The molecule has 13 heteroatoms. The SMILES string of the molecule is Cc1cc(OCc2ncco2)cnc1C(=O)Nc1cc(F)c(F)c([C@]2(C)N=C(N)S[C@@]3(C(F)F)C[C@@H]23)c1. The summed E-state index contributed by atoms with van der Waals surface area (Å²) >= 11 is 0.760. The van der Waals surface area contributed by atoms with Crippen molar-refractivity contribution in [3.8, 4) is 5.75 Å². The van der Waals surface area contributed by atoms with E-state index in [-0.39, 0.29) is 35.1 Å². The Morgan fingerprint density at radius 2 is 2.11 bits per heavy atom. The number of aryl methyl sites for hydroxylation is 1. The van der Waals surface area contributed by atoms with Crippen molar-refractivity contribution in [2.45, 2.75) is 43.6 Å². The first-order chi connectivity index (χ1) is 17.5. The number of aromatic nitrogens is 2. The van der Waals surface area contributed by atoms with Crippen LogP contribution in [-0.2, 0) is 12.1 Å². The van der Waals surface area contributed by atoms with E-state index in [4.69, 9.17) is 14.9 Å². The van der Waals surface area contributed by atoms with Crippen LogP contribution >= 0.6 is 11.8 Å². The van der Waals surface area contributed by atoms with Gasteiger partial charge in [-0.05, 0) is 38.0 Å². The van der Waals surface area contributed by atoms with E-state index in [1.54, 1.807) is 13.0 Å². The normalized spacial score (nSPS) is 24.4. The lowest BCUT2D eigenvalue weighted by Crippen LogP contribution is -2.39. The molecule has 0 unspecified atom stereocenters. The molecule has 2 aliphatic rings. The van der Waals surface area contributed by atoms with Crippen LogP contribution in [0.25, 0.3) is 0 Å². The molecule has 194 valence electrons. The molecule has 1 saturated carbocycles. The van der Waals surface area contributed by atoms with E-state index >= 15 is 0 Å². The van der Waals surface area contributed by atoms with E-state index in [2.05, 4.69) is 20.3 Å². The topological polar surface area (TPSA) is 116 Å². The summed E-state index contributed by atoms with van der Waals surface area (Å²) in [6, 6.07) is 3.58. The fourth-order valence-corrected chi connectivity index (χ4v) is 6.00. The summed E-state index contributed by atoms with van der Waals surface area (Å²) in [7, 11) is 0. The molecule has 1 amide bonds. The molecule has 5 rings (SSSR count). The molecule has 1 fully saturated rings. The molecule has 3 N–H and O–H groups in total. The quantitative estimate of drug-likeness (QED) is 0.418. The number of nitrogens with zero attached hydrogens (tertiary/aromatic N) is 3. The third-order valence-electron chi connectivity index (χ3n) is 6.58. The number of carbonyl (C=O) groups excluding carboxylic acids is 1. The highest BCUT2D eigenvalue weighted by molar-refractivity contribution is 8.15. The number of benzene rings is 1. The predicted molar refractivity (Wildman–Crippen MR) is 128 cm³/mol. The van der Waals surface area contributed by atoms with Crippen LogP contribution in [0.4, 0.5) is 23.2 Å². The lowest BCUT2D eigenvalue weighted by atomic mass is 9.85. The second kappa shape index (κ2) is 9.05. The average molecular weight is 536 g/mol. The molecular weight excluding hydrogens is 514 g/mol. The Hall–Kier alpha value is -3.61. The van der Waals surface area contributed by atoms with Gasteiger partial charge >= 0.3 is 0 Å². The highest BCUT2D eigenvalue weighted by Gasteiger charge is 2.71. The minimum absolute atomic E-state index is 0.0243. The molecule has 0 bridgehead atoms. The van der Waals surface area contributed by atoms with Crippen molar-refractivity contribution in [2.24, 2.45) is 16.6 Å². The van der Waals surface area contributed by atoms with Crippen LogP contribution < -0.4 is 15.8 Å². The van der Waals surface area contributed by atoms with Crippen molar-refractivity contribution >= 4 is 28.5 Å². The maximum absolute atomic E-state index is 15.0. The van der Waals surface area contributed by atoms with Crippen molar-refractivity contribution in [1.29, 1.82) is 0 Å². The molecule has 1 aliphatic carbocycles. The van der Waals surface area contributed by atoms with Crippen molar-refractivity contribution < 1.29 is 31.5 Å². The third-order valence-corrected chi connectivity index (χ3v) is 7.89. The summed E-state index contributed by atoms with van der Waals surface area (Å²) in [6.07, 6.45) is 1.54. The predicted octanol–water partition coefficient (Wildman–Crippen LogP) is 4.79. The lowest BCUT2D eigenvalue weighted by molar-refractivity contribution is 0.102. The number of thioether (sulfide) groups is 1. The number of ether oxygens (including phenoxy) is 1. The zero-order valence-electron chi connectivity index (χ0n) is 19.6. The van der Waals surface area contributed by atoms with Gasteiger partial charge in [0.15, 0.2) is 23.4 Å². The van der Waals surface area contributed by atoms with Gasteiger partial charge in [-0.15, -0.1) is 0 Å². The number of carbonyl (C=O) groups is 1. The van der Waals surface area contributed by atoms with Crippen LogP contribution in [0.2, 0.25) is 0 Å². The van der Waals surface area contributed by atoms with Gasteiger partial charge in [0.1, 0.15) is 17.7 Å². The van der Waals surface area contributed by atoms with Crippen molar-refractivity contribution in [1.82, 2.24) is 9.97 Å². The van der Waals surface area contributed by atoms with E-state index in [0.717, 1.165) is 17.8 Å². The molecular formula is C24H21F4N5O3S. The van der Waals surface area contributed by atoms with Crippen molar-refractivity contribution in [3.63, 3.8) is 0 Å². The van der Waals surface area contributed by atoms with E-state index in [0.29, 0.717) is 17.2 Å². The van der Waals surface area contributed by atoms with Gasteiger partial charge in [-0.25, -0.2) is 27.5 Å². The van der Waals surface area contributed by atoms with Gasteiger partial charge in [0, 0.05) is 23.2 Å². The number of pyridine rings is 1. The van der Waals surface area contributed by atoms with Gasteiger partial charge in [-0.2, -0.15) is 0 Å². The highest BCUT2D eigenvalue weighted by Crippen LogP contribution is 2.68. The van der Waals surface area contributed by atoms with E-state index in [1.165, 1.54) is 31.6 Å². The molecule has 0 saturated heterocycles.